The second-order valence-electron chi connectivity index (χ2n) is 5.13. The number of carbonyl (C=O) groups excluding carboxylic acids is 1. The van der Waals surface area contributed by atoms with Gasteiger partial charge in [-0.3, -0.25) is 4.79 Å². The first-order valence-electron chi connectivity index (χ1n) is 7.05. The van der Waals surface area contributed by atoms with E-state index in [0.29, 0.717) is 11.3 Å². The van der Waals surface area contributed by atoms with Crippen molar-refractivity contribution in [3.8, 4) is 0 Å². The molecular weight excluding hydrogens is 323 g/mol. The van der Waals surface area contributed by atoms with Gasteiger partial charge in [0.2, 0.25) is 5.91 Å². The minimum Gasteiger partial charge on any atom is -0.478 e. The van der Waals surface area contributed by atoms with Gasteiger partial charge >= 0.3 is 12.1 Å². The molecule has 0 aliphatic heterocycles. The normalized spacial score (nSPS) is 11.1. The molecular formula is C17H14F3NO3. The highest BCUT2D eigenvalue weighted by atomic mass is 19.4. The van der Waals surface area contributed by atoms with E-state index >= 15 is 0 Å². The maximum atomic E-state index is 12.6. The number of nitrogens with one attached hydrogen (secondary N) is 1. The Morgan fingerprint density at radius 2 is 1.75 bits per heavy atom. The largest absolute Gasteiger partial charge is 0.478 e. The maximum absolute atomic E-state index is 12.6. The molecule has 0 atom stereocenters. The van der Waals surface area contributed by atoms with Crippen LogP contribution in [0, 0.1) is 0 Å². The molecule has 2 N–H and O–H groups in total. The van der Waals surface area contributed by atoms with Gasteiger partial charge in [0.1, 0.15) is 0 Å². The molecule has 2 aromatic rings. The van der Waals surface area contributed by atoms with E-state index in [1.54, 1.807) is 0 Å². The Kier molecular flexibility index (Phi) is 5.23. The molecule has 24 heavy (non-hydrogen) atoms. The summed E-state index contributed by atoms with van der Waals surface area (Å²) in [7, 11) is 0. The van der Waals surface area contributed by atoms with Gasteiger partial charge in [-0.05, 0) is 36.2 Å². The van der Waals surface area contributed by atoms with Gasteiger partial charge in [-0.1, -0.05) is 24.3 Å². The minimum absolute atomic E-state index is 0.0153. The van der Waals surface area contributed by atoms with Crippen LogP contribution in [0.15, 0.2) is 48.5 Å². The van der Waals surface area contributed by atoms with Crippen LogP contribution < -0.4 is 5.32 Å². The molecule has 0 heterocycles. The van der Waals surface area contributed by atoms with Gasteiger partial charge in [0.15, 0.2) is 0 Å². The monoisotopic (exact) mass is 337 g/mol. The Bertz CT molecular complexity index is 757. The summed E-state index contributed by atoms with van der Waals surface area (Å²) >= 11 is 0. The lowest BCUT2D eigenvalue weighted by Crippen LogP contribution is -2.13. The van der Waals surface area contributed by atoms with Gasteiger partial charge in [-0.25, -0.2) is 4.79 Å². The molecule has 7 heteroatoms. The van der Waals surface area contributed by atoms with Crippen molar-refractivity contribution < 1.29 is 27.9 Å². The number of anilines is 1. The zero-order valence-electron chi connectivity index (χ0n) is 12.4. The van der Waals surface area contributed by atoms with Crippen molar-refractivity contribution in [2.75, 3.05) is 5.32 Å². The minimum atomic E-state index is -4.42. The quantitative estimate of drug-likeness (QED) is 0.867. The van der Waals surface area contributed by atoms with Crippen LogP contribution in [0.4, 0.5) is 18.9 Å². The first kappa shape index (κ1) is 17.5. The molecule has 0 aliphatic rings. The topological polar surface area (TPSA) is 66.4 Å². The number of hydrogen-bond donors (Lipinski definition) is 2. The van der Waals surface area contributed by atoms with Crippen molar-refractivity contribution in [1.82, 2.24) is 0 Å². The summed E-state index contributed by atoms with van der Waals surface area (Å²) in [4.78, 5) is 22.7. The first-order valence-corrected chi connectivity index (χ1v) is 7.05. The Labute approximate surface area is 135 Å². The van der Waals surface area contributed by atoms with E-state index in [9.17, 15) is 22.8 Å². The molecule has 0 bridgehead atoms. The molecule has 0 aromatic heterocycles. The Morgan fingerprint density at radius 3 is 2.42 bits per heavy atom. The maximum Gasteiger partial charge on any atom is 0.416 e. The lowest BCUT2D eigenvalue weighted by Gasteiger charge is -2.09. The Balaban J connectivity index is 1.96. The Hall–Kier alpha value is -2.83. The second-order valence-corrected chi connectivity index (χ2v) is 5.13. The van der Waals surface area contributed by atoms with E-state index in [0.717, 1.165) is 12.1 Å². The highest BCUT2D eigenvalue weighted by molar-refractivity contribution is 5.93. The van der Waals surface area contributed by atoms with Crippen molar-refractivity contribution >= 4 is 17.6 Å². The molecule has 1 amide bonds. The van der Waals surface area contributed by atoms with E-state index < -0.39 is 23.6 Å². The van der Waals surface area contributed by atoms with E-state index in [2.05, 4.69) is 5.32 Å². The molecule has 0 radical (unpaired) electrons. The third-order valence-corrected chi connectivity index (χ3v) is 3.29. The van der Waals surface area contributed by atoms with Crippen LogP contribution in [0.25, 0.3) is 0 Å². The number of aryl methyl sites for hydroxylation is 1. The van der Waals surface area contributed by atoms with Crippen molar-refractivity contribution in [2.24, 2.45) is 0 Å². The molecule has 2 aromatic carbocycles. The van der Waals surface area contributed by atoms with Crippen LogP contribution in [0.1, 0.15) is 27.9 Å². The first-order chi connectivity index (χ1) is 11.3. The van der Waals surface area contributed by atoms with E-state index in [-0.39, 0.29) is 18.4 Å². The SMILES string of the molecule is O=C(CCc1cccc(C(F)(F)F)c1)Nc1cccc(C(=O)O)c1. The van der Waals surface area contributed by atoms with Gasteiger partial charge in [0.25, 0.3) is 0 Å². The van der Waals surface area contributed by atoms with Gasteiger partial charge in [-0.15, -0.1) is 0 Å². The number of carbonyl (C=O) groups is 2. The van der Waals surface area contributed by atoms with Gasteiger partial charge in [-0.2, -0.15) is 13.2 Å². The number of aromatic carboxylic acids is 1. The summed E-state index contributed by atoms with van der Waals surface area (Å²) in [6, 6.07) is 10.5. The molecule has 0 aliphatic carbocycles. The van der Waals surface area contributed by atoms with Crippen LogP contribution in [0.2, 0.25) is 0 Å². The summed E-state index contributed by atoms with van der Waals surface area (Å²) in [6.45, 7) is 0. The number of rotatable bonds is 5. The molecule has 0 fully saturated rings. The number of alkyl halides is 3. The summed E-state index contributed by atoms with van der Waals surface area (Å²) in [5.41, 5.74) is 0.00319. The zero-order valence-corrected chi connectivity index (χ0v) is 12.4. The van der Waals surface area contributed by atoms with Crippen molar-refractivity contribution in [1.29, 1.82) is 0 Å². The predicted molar refractivity (Wildman–Crippen MR) is 81.8 cm³/mol. The van der Waals surface area contributed by atoms with Crippen molar-refractivity contribution in [3.63, 3.8) is 0 Å². The summed E-state index contributed by atoms with van der Waals surface area (Å²) in [5, 5.41) is 11.4. The number of halogens is 3. The molecule has 0 unspecified atom stereocenters. The molecule has 2 rings (SSSR count). The van der Waals surface area contributed by atoms with Crippen LogP contribution in [0.5, 0.6) is 0 Å². The number of carboxylic acids is 1. The van der Waals surface area contributed by atoms with Crippen LogP contribution in [0.3, 0.4) is 0 Å². The molecule has 0 saturated carbocycles. The lowest BCUT2D eigenvalue weighted by molar-refractivity contribution is -0.137. The van der Waals surface area contributed by atoms with Gasteiger partial charge < -0.3 is 10.4 Å². The van der Waals surface area contributed by atoms with E-state index in [1.807, 2.05) is 0 Å². The fourth-order valence-corrected chi connectivity index (χ4v) is 2.11. The number of carboxylic acid groups (broad SMARTS) is 1. The molecule has 126 valence electrons. The number of amides is 1. The van der Waals surface area contributed by atoms with Crippen LogP contribution in [-0.4, -0.2) is 17.0 Å². The third-order valence-electron chi connectivity index (χ3n) is 3.29. The summed E-state index contributed by atoms with van der Waals surface area (Å²) < 4.78 is 37.9. The van der Waals surface area contributed by atoms with Crippen LogP contribution in [-0.2, 0) is 17.4 Å². The Morgan fingerprint density at radius 1 is 1.04 bits per heavy atom. The molecule has 0 saturated heterocycles. The standard InChI is InChI=1S/C17H14F3NO3/c18-17(19,20)13-5-1-3-11(9-13)7-8-15(22)21-14-6-2-4-12(10-14)16(23)24/h1-6,9-10H,7-8H2,(H,21,22)(H,23,24). The van der Waals surface area contributed by atoms with E-state index in [1.165, 1.54) is 36.4 Å². The van der Waals surface area contributed by atoms with Gasteiger partial charge in [0.05, 0.1) is 11.1 Å². The zero-order chi connectivity index (χ0) is 17.7. The molecule has 4 nitrogen and oxygen atoms in total. The fraction of sp³-hybridized carbons (Fsp3) is 0.176. The second kappa shape index (κ2) is 7.16. The van der Waals surface area contributed by atoms with Crippen molar-refractivity contribution in [2.45, 2.75) is 19.0 Å². The molecule has 0 spiro atoms. The highest BCUT2D eigenvalue weighted by Crippen LogP contribution is 2.29. The third kappa shape index (κ3) is 4.84. The number of hydrogen-bond acceptors (Lipinski definition) is 2. The van der Waals surface area contributed by atoms with E-state index in [4.69, 9.17) is 5.11 Å². The van der Waals surface area contributed by atoms with Crippen LogP contribution >= 0.6 is 0 Å². The fourth-order valence-electron chi connectivity index (χ4n) is 2.11. The van der Waals surface area contributed by atoms with Crippen molar-refractivity contribution in [3.05, 3.63) is 65.2 Å². The number of benzene rings is 2. The summed E-state index contributed by atoms with van der Waals surface area (Å²) in [6.07, 6.45) is -4.29. The smallest absolute Gasteiger partial charge is 0.416 e. The lowest BCUT2D eigenvalue weighted by atomic mass is 10.1. The average Bonchev–Trinajstić information content (AvgIpc) is 2.52. The summed E-state index contributed by atoms with van der Waals surface area (Å²) in [5.74, 6) is -1.52. The van der Waals surface area contributed by atoms with Gasteiger partial charge in [0, 0.05) is 12.1 Å². The highest BCUT2D eigenvalue weighted by Gasteiger charge is 2.30. The predicted octanol–water partition coefficient (Wildman–Crippen LogP) is 3.97. The average molecular weight is 337 g/mol.